The molecule has 0 fully saturated rings. The van der Waals surface area contributed by atoms with Gasteiger partial charge in [0.2, 0.25) is 11.8 Å². The summed E-state index contributed by atoms with van der Waals surface area (Å²) in [5, 5.41) is 2.62. The number of rotatable bonds is 23. The molecule has 2 aromatic heterocycles. The van der Waals surface area contributed by atoms with Gasteiger partial charge in [-0.2, -0.15) is 9.59 Å². The van der Waals surface area contributed by atoms with E-state index in [1.807, 2.05) is 0 Å². The number of hydrogen-bond donors (Lipinski definition) is 1. The van der Waals surface area contributed by atoms with E-state index in [-0.39, 0.29) is 31.7 Å². The minimum Gasteiger partial charge on any atom is -0.459 e. The van der Waals surface area contributed by atoms with E-state index >= 15 is 0 Å². The lowest BCUT2D eigenvalue weighted by Crippen LogP contribution is -2.44. The molecule has 0 aliphatic carbocycles. The summed E-state index contributed by atoms with van der Waals surface area (Å²) in [7, 11) is 0. The number of aromatic nitrogens is 4. The van der Waals surface area contributed by atoms with Crippen LogP contribution in [0, 0.1) is 0 Å². The van der Waals surface area contributed by atoms with E-state index in [0.29, 0.717) is 24.7 Å². The van der Waals surface area contributed by atoms with Crippen molar-refractivity contribution in [3.63, 3.8) is 0 Å². The second-order valence-electron chi connectivity index (χ2n) is 17.0. The summed E-state index contributed by atoms with van der Waals surface area (Å²) < 4.78 is 19.6. The number of nitrogens with zero attached hydrogens (tertiary/aromatic N) is 6. The highest BCUT2D eigenvalue weighted by Crippen LogP contribution is 2.15. The minimum absolute atomic E-state index is 0.0298. The Kier molecular flexibility index (Phi) is 22.5. The number of nitrogens with one attached hydrogen (secondary N) is 1. The van der Waals surface area contributed by atoms with E-state index < -0.39 is 53.7 Å². The molecule has 0 saturated heterocycles. The fourth-order valence-electron chi connectivity index (χ4n) is 5.65. The van der Waals surface area contributed by atoms with E-state index in [1.54, 1.807) is 96.2 Å². The van der Waals surface area contributed by atoms with Crippen LogP contribution in [0.25, 0.3) is 0 Å². The fraction of sp³-hybridized carbons (Fsp3) is 0.707. The Hall–Kier alpha value is -4.89. The summed E-state index contributed by atoms with van der Waals surface area (Å²) >= 11 is 0. The van der Waals surface area contributed by atoms with Crippen LogP contribution in [0.5, 0.6) is 0 Å². The first-order valence-corrected chi connectivity index (χ1v) is 20.0. The van der Waals surface area contributed by atoms with Crippen LogP contribution in [-0.4, -0.2) is 108 Å². The number of amides is 2. The Balaban J connectivity index is 0.00000542. The standard InChI is InChI=1S/C40H67N7O8.CO2/c1-11-12-13-14-15-16-17-18-21-44(25-31-41-19-22-45(31)27-33(48)43-24-35(50)53-38(2,3)4)26-32-42-20-23-46(32)28-34(49)47(29-36(51)54-39(5,6)7)30-37(52)55-40(8,9)10;2-1-3/h19-20,22-23H,11-18,21,24-30H2,1-10H3,(H,43,48);. The van der Waals surface area contributed by atoms with Gasteiger partial charge in [-0.05, 0) is 75.3 Å². The molecule has 0 bridgehead atoms. The molecule has 2 heterocycles. The third-order valence-corrected chi connectivity index (χ3v) is 7.96. The molecule has 2 rings (SSSR count). The maximum atomic E-state index is 13.7. The second kappa shape index (κ2) is 25.5. The lowest BCUT2D eigenvalue weighted by Gasteiger charge is -2.27. The van der Waals surface area contributed by atoms with Gasteiger partial charge in [-0.15, -0.1) is 0 Å². The Bertz CT molecular complexity index is 1580. The van der Waals surface area contributed by atoms with Gasteiger partial charge in [-0.1, -0.05) is 51.9 Å². The average molecular weight is 818 g/mol. The van der Waals surface area contributed by atoms with Gasteiger partial charge in [0.15, 0.2) is 0 Å². The first-order chi connectivity index (χ1) is 27.1. The van der Waals surface area contributed by atoms with Gasteiger partial charge < -0.3 is 33.6 Å². The molecular weight excluding hydrogens is 750 g/mol. The molecule has 326 valence electrons. The number of ether oxygens (including phenoxy) is 3. The van der Waals surface area contributed by atoms with Gasteiger partial charge in [0.1, 0.15) is 61.2 Å². The maximum Gasteiger partial charge on any atom is 0.373 e. The predicted molar refractivity (Wildman–Crippen MR) is 213 cm³/mol. The van der Waals surface area contributed by atoms with E-state index in [1.165, 1.54) is 32.1 Å². The molecule has 17 heteroatoms. The molecule has 2 aromatic rings. The van der Waals surface area contributed by atoms with Crippen LogP contribution in [0.15, 0.2) is 24.8 Å². The highest BCUT2D eigenvalue weighted by atomic mass is 16.6. The SMILES string of the molecule is CCCCCCCCCCN(Cc1nccn1CC(=O)NCC(=O)OC(C)(C)C)Cc1nccn1CC(=O)N(CC(=O)OC(C)(C)C)CC(=O)OC(C)(C)C.O=C=O. The lowest BCUT2D eigenvalue weighted by molar-refractivity contribution is -0.192. The van der Waals surface area contributed by atoms with Crippen molar-refractivity contribution in [2.45, 2.75) is 164 Å². The smallest absolute Gasteiger partial charge is 0.373 e. The van der Waals surface area contributed by atoms with Crippen molar-refractivity contribution in [3.05, 3.63) is 36.4 Å². The molecule has 0 unspecified atom stereocenters. The zero-order chi connectivity index (χ0) is 43.9. The zero-order valence-electron chi connectivity index (χ0n) is 36.4. The number of imidazole rings is 2. The van der Waals surface area contributed by atoms with Gasteiger partial charge in [-0.3, -0.25) is 28.9 Å². The molecule has 58 heavy (non-hydrogen) atoms. The van der Waals surface area contributed by atoms with Crippen molar-refractivity contribution >= 4 is 35.9 Å². The van der Waals surface area contributed by atoms with Crippen molar-refractivity contribution in [2.24, 2.45) is 0 Å². The number of carbonyl (C=O) groups excluding carboxylic acids is 7. The summed E-state index contributed by atoms with van der Waals surface area (Å²) in [5.41, 5.74) is -2.20. The summed E-state index contributed by atoms with van der Waals surface area (Å²) in [4.78, 5) is 92.9. The van der Waals surface area contributed by atoms with Crippen molar-refractivity contribution in [1.29, 1.82) is 0 Å². The van der Waals surface area contributed by atoms with Crippen molar-refractivity contribution in [3.8, 4) is 0 Å². The average Bonchev–Trinajstić information content (AvgIpc) is 3.70. The summed E-state index contributed by atoms with van der Waals surface area (Å²) in [6.07, 6.45) is 16.2. The first kappa shape index (κ1) is 51.1. The summed E-state index contributed by atoms with van der Waals surface area (Å²) in [5.74, 6) is -1.36. The number of carbonyl (C=O) groups is 5. The molecule has 2 amide bonds. The molecule has 0 radical (unpaired) electrons. The Morgan fingerprint density at radius 1 is 0.655 bits per heavy atom. The Morgan fingerprint density at radius 3 is 1.52 bits per heavy atom. The highest BCUT2D eigenvalue weighted by molar-refractivity contribution is 5.86. The molecule has 0 spiro atoms. The van der Waals surface area contributed by atoms with Crippen LogP contribution in [0.4, 0.5) is 0 Å². The van der Waals surface area contributed by atoms with Gasteiger partial charge in [0.25, 0.3) is 0 Å². The highest BCUT2D eigenvalue weighted by Gasteiger charge is 2.27. The molecule has 0 saturated carbocycles. The minimum atomic E-state index is -0.771. The summed E-state index contributed by atoms with van der Waals surface area (Å²) in [6.45, 7) is 18.1. The van der Waals surface area contributed by atoms with Crippen molar-refractivity contribution < 1.29 is 47.8 Å². The van der Waals surface area contributed by atoms with E-state index in [2.05, 4.69) is 27.1 Å². The Morgan fingerprint density at radius 2 is 1.07 bits per heavy atom. The third-order valence-electron chi connectivity index (χ3n) is 7.96. The number of unbranched alkanes of at least 4 members (excludes halogenated alkanes) is 7. The first-order valence-electron chi connectivity index (χ1n) is 20.0. The number of esters is 3. The molecule has 1 N–H and O–H groups in total. The quantitative estimate of drug-likeness (QED) is 0.0927. The fourth-order valence-corrected chi connectivity index (χ4v) is 5.65. The van der Waals surface area contributed by atoms with Crippen LogP contribution in [0.1, 0.15) is 132 Å². The number of hydrogen-bond acceptors (Lipinski definition) is 13. The maximum absolute atomic E-state index is 13.7. The second-order valence-corrected chi connectivity index (χ2v) is 17.0. The van der Waals surface area contributed by atoms with E-state index in [9.17, 15) is 24.0 Å². The molecule has 0 aliphatic rings. The molecule has 17 nitrogen and oxygen atoms in total. The lowest BCUT2D eigenvalue weighted by atomic mass is 10.1. The van der Waals surface area contributed by atoms with Crippen LogP contribution in [0.3, 0.4) is 0 Å². The van der Waals surface area contributed by atoms with Gasteiger partial charge in [0.05, 0.1) is 13.1 Å². The van der Waals surface area contributed by atoms with Gasteiger partial charge >= 0.3 is 24.1 Å². The van der Waals surface area contributed by atoms with Crippen LogP contribution in [0.2, 0.25) is 0 Å². The van der Waals surface area contributed by atoms with Crippen LogP contribution >= 0.6 is 0 Å². The van der Waals surface area contributed by atoms with Crippen molar-refractivity contribution in [1.82, 2.24) is 34.2 Å². The third kappa shape index (κ3) is 24.0. The predicted octanol–water partition coefficient (Wildman–Crippen LogP) is 4.61. The zero-order valence-corrected chi connectivity index (χ0v) is 36.4. The largest absolute Gasteiger partial charge is 0.459 e. The molecular formula is C41H67N7O10. The van der Waals surface area contributed by atoms with Gasteiger partial charge in [-0.25, -0.2) is 9.97 Å². The molecule has 0 atom stereocenters. The van der Waals surface area contributed by atoms with E-state index in [4.69, 9.17) is 23.8 Å². The van der Waals surface area contributed by atoms with Crippen molar-refractivity contribution in [2.75, 3.05) is 26.2 Å². The van der Waals surface area contributed by atoms with E-state index in [0.717, 1.165) is 30.7 Å². The normalized spacial score (nSPS) is 11.6. The van der Waals surface area contributed by atoms with Crippen LogP contribution < -0.4 is 5.32 Å². The van der Waals surface area contributed by atoms with Gasteiger partial charge in [0, 0.05) is 24.8 Å². The molecule has 0 aromatic carbocycles. The Labute approximate surface area is 343 Å². The summed E-state index contributed by atoms with van der Waals surface area (Å²) in [6, 6.07) is 0. The molecule has 0 aliphatic heterocycles. The van der Waals surface area contributed by atoms with Crippen LogP contribution in [-0.2, 0) is 74.0 Å². The topological polar surface area (TPSA) is 201 Å². The monoisotopic (exact) mass is 817 g/mol.